The maximum atomic E-state index is 13.0. The van der Waals surface area contributed by atoms with E-state index in [-0.39, 0.29) is 26.9 Å². The third-order valence-electron chi connectivity index (χ3n) is 4.81. The molecule has 9 heteroatoms. The Morgan fingerprint density at radius 3 is 2.43 bits per heavy atom. The Bertz CT molecular complexity index is 1200. The quantitative estimate of drug-likeness (QED) is 0.419. The highest BCUT2D eigenvalue weighted by Gasteiger charge is 2.25. The molecule has 0 aliphatic heterocycles. The molecule has 0 aliphatic rings. The Morgan fingerprint density at radius 2 is 1.80 bits per heavy atom. The molecule has 0 amide bonds. The molecule has 0 aliphatic carbocycles. The van der Waals surface area contributed by atoms with Crippen LogP contribution in [0.5, 0.6) is 0 Å². The molecule has 0 fully saturated rings. The van der Waals surface area contributed by atoms with Gasteiger partial charge in [-0.05, 0) is 30.7 Å². The smallest absolute Gasteiger partial charge is 0.244 e. The number of benzene rings is 2. The van der Waals surface area contributed by atoms with Gasteiger partial charge < -0.3 is 4.57 Å². The van der Waals surface area contributed by atoms with Gasteiger partial charge in [0.1, 0.15) is 4.90 Å². The number of sulfonamides is 1. The topological polar surface area (TPSA) is 54.7 Å². The van der Waals surface area contributed by atoms with Crippen molar-refractivity contribution in [3.05, 3.63) is 63.2 Å². The summed E-state index contributed by atoms with van der Waals surface area (Å²) in [4.78, 5) is 5.72. The van der Waals surface area contributed by atoms with Crippen LogP contribution in [0.25, 0.3) is 11.3 Å². The van der Waals surface area contributed by atoms with Crippen molar-refractivity contribution in [2.24, 2.45) is 12.0 Å². The van der Waals surface area contributed by atoms with Crippen LogP contribution in [0, 0.1) is 6.92 Å². The molecule has 30 heavy (non-hydrogen) atoms. The molecule has 0 N–H and O–H groups in total. The summed E-state index contributed by atoms with van der Waals surface area (Å²) in [6.45, 7) is 6.45. The summed E-state index contributed by atoms with van der Waals surface area (Å²) >= 11 is 7.78. The predicted molar refractivity (Wildman–Crippen MR) is 131 cm³/mol. The Morgan fingerprint density at radius 1 is 1.13 bits per heavy atom. The van der Waals surface area contributed by atoms with Gasteiger partial charge in [0.25, 0.3) is 0 Å². The summed E-state index contributed by atoms with van der Waals surface area (Å²) in [5.41, 5.74) is 3.68. The summed E-state index contributed by atoms with van der Waals surface area (Å²) in [6.07, 6.45) is 0. The maximum Gasteiger partial charge on any atom is 0.244 e. The molecule has 3 aromatic rings. The molecule has 0 bridgehead atoms. The van der Waals surface area contributed by atoms with Crippen LogP contribution in [0.4, 0.5) is 5.69 Å². The number of hydrogen-bond donors (Lipinski definition) is 0. The fourth-order valence-electron chi connectivity index (χ4n) is 3.09. The average molecular weight is 531 g/mol. The number of para-hydroxylation sites is 1. The molecule has 0 radical (unpaired) electrons. The SMILES string of the molecule is Br.CCN(CC)S(=O)(=O)c1cc(-c2csc(=Nc3ccccc3C)n2C)ccc1Cl. The van der Waals surface area contributed by atoms with Crippen LogP contribution in [0.3, 0.4) is 0 Å². The second-order valence-corrected chi connectivity index (χ2v) is 9.75. The van der Waals surface area contributed by atoms with Gasteiger partial charge in [-0.3, -0.25) is 0 Å². The van der Waals surface area contributed by atoms with E-state index in [1.54, 1.807) is 12.1 Å². The highest BCUT2D eigenvalue weighted by molar-refractivity contribution is 8.93. The predicted octanol–water partition coefficient (Wildman–Crippen LogP) is 5.56. The molecule has 1 heterocycles. The first kappa shape index (κ1) is 24.8. The molecule has 0 saturated carbocycles. The van der Waals surface area contributed by atoms with Gasteiger partial charge in [-0.2, -0.15) is 4.31 Å². The number of thiazole rings is 1. The van der Waals surface area contributed by atoms with Gasteiger partial charge in [-0.15, -0.1) is 28.3 Å². The zero-order valence-corrected chi connectivity index (χ0v) is 21.4. The molecular weight excluding hydrogens is 506 g/mol. The van der Waals surface area contributed by atoms with Gasteiger partial charge in [0.15, 0.2) is 4.80 Å². The molecule has 2 aromatic carbocycles. The zero-order valence-electron chi connectivity index (χ0n) is 17.3. The summed E-state index contributed by atoms with van der Waals surface area (Å²) in [5, 5.41) is 2.21. The van der Waals surface area contributed by atoms with Gasteiger partial charge >= 0.3 is 0 Å². The molecule has 0 atom stereocenters. The van der Waals surface area contributed by atoms with E-state index in [4.69, 9.17) is 16.6 Å². The van der Waals surface area contributed by atoms with Crippen molar-refractivity contribution in [2.75, 3.05) is 13.1 Å². The van der Waals surface area contributed by atoms with E-state index < -0.39 is 10.0 Å². The Kier molecular flexibility index (Phi) is 8.47. The van der Waals surface area contributed by atoms with E-state index in [1.807, 2.05) is 68.1 Å². The van der Waals surface area contributed by atoms with E-state index in [0.29, 0.717) is 13.1 Å². The molecular formula is C21H25BrClN3O2S2. The standard InChI is InChI=1S/C21H24ClN3O2S2.BrH/c1-5-25(6-2)29(26,27)20-13-16(11-12-17(20)22)19-14-28-21(24(19)4)23-18-10-8-7-9-15(18)3;/h7-14H,5-6H2,1-4H3;1H. The maximum absolute atomic E-state index is 13.0. The summed E-state index contributed by atoms with van der Waals surface area (Å²) in [5.74, 6) is 0. The monoisotopic (exact) mass is 529 g/mol. The molecule has 0 saturated heterocycles. The lowest BCUT2D eigenvalue weighted by atomic mass is 10.2. The van der Waals surface area contributed by atoms with Crippen molar-refractivity contribution < 1.29 is 8.42 Å². The number of hydrogen-bond acceptors (Lipinski definition) is 4. The fourth-order valence-corrected chi connectivity index (χ4v) is 5.96. The summed E-state index contributed by atoms with van der Waals surface area (Å²) in [6, 6.07) is 13.1. The number of nitrogens with zero attached hydrogens (tertiary/aromatic N) is 3. The molecule has 5 nitrogen and oxygen atoms in total. The number of aromatic nitrogens is 1. The zero-order chi connectivity index (χ0) is 21.2. The minimum Gasteiger partial charge on any atom is -0.320 e. The lowest BCUT2D eigenvalue weighted by Gasteiger charge is -2.19. The number of halogens is 2. The van der Waals surface area contributed by atoms with Crippen molar-refractivity contribution >= 4 is 55.6 Å². The molecule has 0 unspecified atom stereocenters. The average Bonchev–Trinajstić information content (AvgIpc) is 3.05. The van der Waals surface area contributed by atoms with Gasteiger partial charge in [-0.1, -0.05) is 49.7 Å². The van der Waals surface area contributed by atoms with Crippen molar-refractivity contribution in [1.82, 2.24) is 8.87 Å². The fraction of sp³-hybridized carbons (Fsp3) is 0.286. The van der Waals surface area contributed by atoms with E-state index in [0.717, 1.165) is 27.3 Å². The van der Waals surface area contributed by atoms with Crippen LogP contribution < -0.4 is 4.80 Å². The second-order valence-electron chi connectivity index (χ2n) is 6.60. The number of aryl methyl sites for hydroxylation is 1. The van der Waals surface area contributed by atoms with E-state index in [2.05, 4.69) is 0 Å². The van der Waals surface area contributed by atoms with Crippen LogP contribution in [0.1, 0.15) is 19.4 Å². The van der Waals surface area contributed by atoms with Crippen LogP contribution in [0.2, 0.25) is 5.02 Å². The van der Waals surface area contributed by atoms with Crippen molar-refractivity contribution in [3.63, 3.8) is 0 Å². The van der Waals surface area contributed by atoms with Gasteiger partial charge in [0.2, 0.25) is 10.0 Å². The van der Waals surface area contributed by atoms with Crippen molar-refractivity contribution in [1.29, 1.82) is 0 Å². The second kappa shape index (κ2) is 10.2. The van der Waals surface area contributed by atoms with Crippen molar-refractivity contribution in [2.45, 2.75) is 25.7 Å². The van der Waals surface area contributed by atoms with E-state index in [1.165, 1.54) is 15.6 Å². The summed E-state index contributed by atoms with van der Waals surface area (Å²) < 4.78 is 29.3. The molecule has 3 rings (SSSR count). The van der Waals surface area contributed by atoms with Crippen LogP contribution in [-0.2, 0) is 17.1 Å². The molecule has 1 aromatic heterocycles. The molecule has 0 spiro atoms. The van der Waals surface area contributed by atoms with E-state index >= 15 is 0 Å². The van der Waals surface area contributed by atoms with Gasteiger partial charge in [-0.25, -0.2) is 13.4 Å². The van der Waals surface area contributed by atoms with Gasteiger partial charge in [0, 0.05) is 31.1 Å². The Labute approximate surface area is 197 Å². The van der Waals surface area contributed by atoms with Crippen LogP contribution >= 0.6 is 39.9 Å². The highest BCUT2D eigenvalue weighted by atomic mass is 79.9. The normalized spacial score (nSPS) is 12.3. The van der Waals surface area contributed by atoms with Crippen LogP contribution in [-0.4, -0.2) is 30.4 Å². The third kappa shape index (κ3) is 4.89. The number of rotatable bonds is 6. The van der Waals surface area contributed by atoms with Gasteiger partial charge in [0.05, 0.1) is 16.4 Å². The first-order valence-corrected chi connectivity index (χ1v) is 12.0. The third-order valence-corrected chi connectivity index (χ3v) is 8.25. The Balaban J connectivity index is 0.00000320. The lowest BCUT2D eigenvalue weighted by Crippen LogP contribution is -2.30. The van der Waals surface area contributed by atoms with E-state index in [9.17, 15) is 8.42 Å². The highest BCUT2D eigenvalue weighted by Crippen LogP contribution is 2.30. The molecule has 162 valence electrons. The lowest BCUT2D eigenvalue weighted by molar-refractivity contribution is 0.445. The Hall–Kier alpha value is -1.45. The first-order chi connectivity index (χ1) is 13.8. The summed E-state index contributed by atoms with van der Waals surface area (Å²) in [7, 11) is -1.72. The minimum atomic E-state index is -3.65. The largest absolute Gasteiger partial charge is 0.320 e. The van der Waals surface area contributed by atoms with Crippen molar-refractivity contribution in [3.8, 4) is 11.3 Å². The van der Waals surface area contributed by atoms with Crippen LogP contribution in [0.15, 0.2) is 57.7 Å². The first-order valence-electron chi connectivity index (χ1n) is 9.34. The minimum absolute atomic E-state index is 0.